The first-order valence-corrected chi connectivity index (χ1v) is 11.2. The van der Waals surface area contributed by atoms with E-state index in [-0.39, 0.29) is 0 Å². The Hall–Kier alpha value is -2.94. The lowest BCUT2D eigenvalue weighted by Crippen LogP contribution is -2.26. The van der Waals surface area contributed by atoms with E-state index >= 15 is 0 Å². The fraction of sp³-hybridized carbons (Fsp3) is 0.429. The van der Waals surface area contributed by atoms with Crippen molar-refractivity contribution in [1.82, 2.24) is 28.7 Å². The monoisotopic (exact) mass is 422 g/mol. The van der Waals surface area contributed by atoms with E-state index in [2.05, 4.69) is 31.6 Å². The van der Waals surface area contributed by atoms with E-state index in [4.69, 9.17) is 9.97 Å². The zero-order valence-corrected chi connectivity index (χ0v) is 18.3. The minimum Gasteiger partial charge on any atom is -0.365 e. The van der Waals surface area contributed by atoms with Gasteiger partial charge in [-0.15, -0.1) is 0 Å². The Morgan fingerprint density at radius 3 is 2.70 bits per heavy atom. The van der Waals surface area contributed by atoms with Gasteiger partial charge in [-0.3, -0.25) is 4.68 Å². The molecule has 0 radical (unpaired) electrons. The third kappa shape index (κ3) is 3.77. The molecule has 4 heterocycles. The van der Waals surface area contributed by atoms with Gasteiger partial charge in [-0.05, 0) is 62.2 Å². The number of hydrogen-bond acceptors (Lipinski definition) is 7. The first-order valence-electron chi connectivity index (χ1n) is 10.4. The molecule has 1 aliphatic rings. The van der Waals surface area contributed by atoms with Crippen LogP contribution in [0.25, 0.3) is 16.7 Å². The molecule has 0 amide bonds. The number of fused-ring (bicyclic) bond motifs is 1. The van der Waals surface area contributed by atoms with Gasteiger partial charge in [0.05, 0.1) is 23.1 Å². The van der Waals surface area contributed by atoms with E-state index in [1.807, 2.05) is 44.7 Å². The highest BCUT2D eigenvalue weighted by molar-refractivity contribution is 7.10. The van der Waals surface area contributed by atoms with Gasteiger partial charge in [0.25, 0.3) is 0 Å². The summed E-state index contributed by atoms with van der Waals surface area (Å²) >= 11 is 1.42. The standard InChI is InChI=1S/C21H26N8S/c1-13-4-6-15(7-5-13)23-20-19-17(8-9-29(19)16-11-22-28(3)12-16)24-21(26-20)25-18-10-14(2)27-30-18/h8-13,15H,4-7H2,1-3H3,(H2,23,24,25,26). The molecule has 0 saturated heterocycles. The minimum absolute atomic E-state index is 0.426. The van der Waals surface area contributed by atoms with Crippen LogP contribution in [0.2, 0.25) is 0 Å². The summed E-state index contributed by atoms with van der Waals surface area (Å²) in [6, 6.07) is 4.46. The summed E-state index contributed by atoms with van der Waals surface area (Å²) in [5, 5.41) is 12.3. The smallest absolute Gasteiger partial charge is 0.230 e. The van der Waals surface area contributed by atoms with Crippen LogP contribution in [0.5, 0.6) is 0 Å². The highest BCUT2D eigenvalue weighted by Gasteiger charge is 2.21. The number of hydrogen-bond donors (Lipinski definition) is 2. The maximum absolute atomic E-state index is 4.88. The van der Waals surface area contributed by atoms with Crippen LogP contribution in [-0.4, -0.2) is 34.7 Å². The molecule has 0 bridgehead atoms. The Morgan fingerprint density at radius 1 is 1.17 bits per heavy atom. The number of rotatable bonds is 5. The maximum atomic E-state index is 4.88. The van der Waals surface area contributed by atoms with Crippen LogP contribution in [0.1, 0.15) is 38.3 Å². The lowest BCUT2D eigenvalue weighted by molar-refractivity contribution is 0.361. The van der Waals surface area contributed by atoms with Crippen molar-refractivity contribution in [1.29, 1.82) is 0 Å². The van der Waals surface area contributed by atoms with E-state index in [0.717, 1.165) is 52.0 Å². The largest absolute Gasteiger partial charge is 0.365 e. The summed E-state index contributed by atoms with van der Waals surface area (Å²) in [5.74, 6) is 2.25. The lowest BCUT2D eigenvalue weighted by atomic mass is 9.87. The second kappa shape index (κ2) is 7.71. The van der Waals surface area contributed by atoms with Crippen molar-refractivity contribution in [2.75, 3.05) is 10.6 Å². The Bertz CT molecular complexity index is 1170. The molecule has 8 nitrogen and oxygen atoms in total. The van der Waals surface area contributed by atoms with E-state index < -0.39 is 0 Å². The van der Waals surface area contributed by atoms with Crippen molar-refractivity contribution in [3.63, 3.8) is 0 Å². The number of aromatic nitrogens is 6. The molecule has 2 N–H and O–H groups in total. The summed E-state index contributed by atoms with van der Waals surface area (Å²) in [6.07, 6.45) is 10.7. The fourth-order valence-corrected chi connectivity index (χ4v) is 4.74. The van der Waals surface area contributed by atoms with Crippen molar-refractivity contribution in [3.05, 3.63) is 36.4 Å². The highest BCUT2D eigenvalue weighted by atomic mass is 32.1. The first-order chi connectivity index (χ1) is 14.5. The third-order valence-electron chi connectivity index (χ3n) is 5.72. The summed E-state index contributed by atoms with van der Waals surface area (Å²) in [6.45, 7) is 4.32. The summed E-state index contributed by atoms with van der Waals surface area (Å²) in [5.41, 5.74) is 3.85. The van der Waals surface area contributed by atoms with Crippen LogP contribution < -0.4 is 10.6 Å². The van der Waals surface area contributed by atoms with Gasteiger partial charge in [0.2, 0.25) is 5.95 Å². The molecule has 0 aliphatic heterocycles. The fourth-order valence-electron chi connectivity index (χ4n) is 4.08. The number of aryl methyl sites for hydroxylation is 2. The van der Waals surface area contributed by atoms with Crippen LogP contribution >= 0.6 is 11.5 Å². The van der Waals surface area contributed by atoms with E-state index in [9.17, 15) is 0 Å². The van der Waals surface area contributed by atoms with Crippen LogP contribution in [0, 0.1) is 12.8 Å². The summed E-state index contributed by atoms with van der Waals surface area (Å²) < 4.78 is 8.25. The van der Waals surface area contributed by atoms with E-state index in [1.165, 1.54) is 24.4 Å². The molecule has 4 aromatic rings. The molecular weight excluding hydrogens is 396 g/mol. The van der Waals surface area contributed by atoms with Gasteiger partial charge in [-0.2, -0.15) is 14.5 Å². The summed E-state index contributed by atoms with van der Waals surface area (Å²) in [4.78, 5) is 9.65. The molecule has 5 rings (SSSR count). The molecule has 1 fully saturated rings. The molecule has 0 atom stereocenters. The van der Waals surface area contributed by atoms with Gasteiger partial charge >= 0.3 is 0 Å². The molecular formula is C21H26N8S. The molecule has 4 aromatic heterocycles. The van der Waals surface area contributed by atoms with E-state index in [1.54, 1.807) is 4.68 Å². The van der Waals surface area contributed by atoms with E-state index in [0.29, 0.717) is 12.0 Å². The second-order valence-electron chi connectivity index (χ2n) is 8.25. The SMILES string of the molecule is Cc1cc(Nc2nc(NC3CCC(C)CC3)c3c(ccn3-c3cnn(C)c3)n2)sn1. The van der Waals surface area contributed by atoms with Crippen LogP contribution in [0.3, 0.4) is 0 Å². The zero-order chi connectivity index (χ0) is 20.7. The Kier molecular flexibility index (Phi) is 4.90. The molecule has 1 saturated carbocycles. The number of nitrogens with one attached hydrogen (secondary N) is 2. The topological polar surface area (TPSA) is 85.5 Å². The number of anilines is 3. The molecule has 1 aliphatic carbocycles. The molecule has 30 heavy (non-hydrogen) atoms. The predicted octanol–water partition coefficient (Wildman–Crippen LogP) is 4.65. The van der Waals surface area contributed by atoms with Gasteiger partial charge in [0.15, 0.2) is 5.82 Å². The molecule has 9 heteroatoms. The van der Waals surface area contributed by atoms with Crippen molar-refractivity contribution in [3.8, 4) is 5.69 Å². The van der Waals surface area contributed by atoms with Crippen LogP contribution in [-0.2, 0) is 7.05 Å². The molecule has 156 valence electrons. The highest BCUT2D eigenvalue weighted by Crippen LogP contribution is 2.31. The lowest BCUT2D eigenvalue weighted by Gasteiger charge is -2.27. The number of nitrogens with zero attached hydrogens (tertiary/aromatic N) is 6. The van der Waals surface area contributed by atoms with Gasteiger partial charge in [0.1, 0.15) is 10.5 Å². The Labute approximate surface area is 179 Å². The van der Waals surface area contributed by atoms with Gasteiger partial charge < -0.3 is 15.2 Å². The first kappa shape index (κ1) is 19.0. The minimum atomic E-state index is 0.426. The predicted molar refractivity (Wildman–Crippen MR) is 121 cm³/mol. The van der Waals surface area contributed by atoms with Gasteiger partial charge in [0, 0.05) is 25.5 Å². The van der Waals surface area contributed by atoms with Crippen LogP contribution in [0.15, 0.2) is 30.7 Å². The molecule has 0 aromatic carbocycles. The van der Waals surface area contributed by atoms with Gasteiger partial charge in [-0.25, -0.2) is 4.98 Å². The zero-order valence-electron chi connectivity index (χ0n) is 17.5. The Morgan fingerprint density at radius 2 is 2.00 bits per heavy atom. The van der Waals surface area contributed by atoms with Crippen molar-refractivity contribution in [2.24, 2.45) is 13.0 Å². The van der Waals surface area contributed by atoms with Crippen molar-refractivity contribution in [2.45, 2.75) is 45.6 Å². The van der Waals surface area contributed by atoms with Crippen molar-refractivity contribution >= 4 is 39.3 Å². The molecule has 0 unspecified atom stereocenters. The average molecular weight is 423 g/mol. The summed E-state index contributed by atoms with van der Waals surface area (Å²) in [7, 11) is 1.92. The quantitative estimate of drug-likeness (QED) is 0.487. The third-order valence-corrected chi connectivity index (χ3v) is 6.52. The maximum Gasteiger partial charge on any atom is 0.230 e. The normalized spacial score (nSPS) is 19.3. The van der Waals surface area contributed by atoms with Gasteiger partial charge in [-0.1, -0.05) is 6.92 Å². The van der Waals surface area contributed by atoms with Crippen molar-refractivity contribution < 1.29 is 0 Å². The van der Waals surface area contributed by atoms with Crippen LogP contribution in [0.4, 0.5) is 16.8 Å². The Balaban J connectivity index is 1.55. The average Bonchev–Trinajstić information content (AvgIpc) is 3.44. The second-order valence-corrected chi connectivity index (χ2v) is 9.05. The molecule has 0 spiro atoms.